The van der Waals surface area contributed by atoms with Gasteiger partial charge in [-0.1, -0.05) is 32.0 Å². The Morgan fingerprint density at radius 3 is 2.55 bits per heavy atom. The first kappa shape index (κ1) is 18.0. The summed E-state index contributed by atoms with van der Waals surface area (Å²) in [5.41, 5.74) is 3.12. The van der Waals surface area contributed by atoms with Gasteiger partial charge in [-0.15, -0.1) is 0 Å². The molecule has 0 fully saturated rings. The van der Waals surface area contributed by atoms with Crippen molar-refractivity contribution in [3.8, 4) is 0 Å². The molecule has 0 heterocycles. The predicted molar refractivity (Wildman–Crippen MR) is 88.3 cm³/mol. The average Bonchev–Trinajstić information content (AvgIpc) is 2.44. The summed E-state index contributed by atoms with van der Waals surface area (Å²) < 4.78 is 4.82. The number of nitrogens with zero attached hydrogens (tertiary/aromatic N) is 1. The van der Waals surface area contributed by atoms with E-state index in [-0.39, 0.29) is 5.91 Å². The number of alkyl carbamates (subject to hydrolysis) is 1. The second-order valence-electron chi connectivity index (χ2n) is 5.49. The Morgan fingerprint density at radius 1 is 1.32 bits per heavy atom. The van der Waals surface area contributed by atoms with Gasteiger partial charge in [0.15, 0.2) is 0 Å². The van der Waals surface area contributed by atoms with Gasteiger partial charge in [-0.05, 0) is 30.9 Å². The summed E-state index contributed by atoms with van der Waals surface area (Å²) in [6.07, 6.45) is -0.458. The van der Waals surface area contributed by atoms with E-state index in [4.69, 9.17) is 4.74 Å². The highest BCUT2D eigenvalue weighted by Crippen LogP contribution is 2.30. The van der Waals surface area contributed by atoms with Crippen LogP contribution in [0.3, 0.4) is 0 Å². The van der Waals surface area contributed by atoms with Crippen LogP contribution in [0.1, 0.15) is 44.7 Å². The van der Waals surface area contributed by atoms with Crippen LogP contribution in [0.4, 0.5) is 10.5 Å². The molecule has 0 spiro atoms. The Balaban J connectivity index is 2.93. The molecular formula is C17H26N2O3. The number of hydrogen-bond acceptors (Lipinski definition) is 3. The van der Waals surface area contributed by atoms with Gasteiger partial charge in [0.1, 0.15) is 0 Å². The molecule has 1 rings (SSSR count). The minimum atomic E-state index is -0.458. The number of rotatable bonds is 6. The zero-order valence-electron chi connectivity index (χ0n) is 14.1. The van der Waals surface area contributed by atoms with Crippen LogP contribution in [0.15, 0.2) is 18.2 Å². The van der Waals surface area contributed by atoms with Crippen LogP contribution in [0, 0.1) is 6.92 Å². The predicted octanol–water partition coefficient (Wildman–Crippen LogP) is 3.22. The van der Waals surface area contributed by atoms with Gasteiger partial charge in [-0.2, -0.15) is 0 Å². The maximum absolute atomic E-state index is 12.1. The minimum Gasteiger partial charge on any atom is -0.450 e. The van der Waals surface area contributed by atoms with E-state index in [1.807, 2.05) is 25.1 Å². The fourth-order valence-electron chi connectivity index (χ4n) is 2.39. The van der Waals surface area contributed by atoms with Crippen LogP contribution in [-0.2, 0) is 9.53 Å². The lowest BCUT2D eigenvalue weighted by molar-refractivity contribution is -0.116. The standard InChI is InChI=1S/C17H26N2O3/c1-6-22-17(21)18-10-11-19(14(5)20)16-13(4)8-7-9-15(16)12(2)3/h7-9,12H,6,10-11H2,1-5H3,(H,18,21). The Kier molecular flexibility index (Phi) is 6.89. The van der Waals surface area contributed by atoms with Gasteiger partial charge in [-0.25, -0.2) is 4.79 Å². The number of ether oxygens (including phenoxy) is 1. The van der Waals surface area contributed by atoms with Crippen molar-refractivity contribution in [2.45, 2.75) is 40.5 Å². The van der Waals surface area contributed by atoms with E-state index in [0.717, 1.165) is 16.8 Å². The van der Waals surface area contributed by atoms with Crippen molar-refractivity contribution >= 4 is 17.7 Å². The van der Waals surface area contributed by atoms with Crippen LogP contribution in [0.2, 0.25) is 0 Å². The van der Waals surface area contributed by atoms with Crippen molar-refractivity contribution in [1.82, 2.24) is 5.32 Å². The lowest BCUT2D eigenvalue weighted by atomic mass is 9.97. The summed E-state index contributed by atoms with van der Waals surface area (Å²) in [6.45, 7) is 10.6. The highest BCUT2D eigenvalue weighted by Gasteiger charge is 2.19. The van der Waals surface area contributed by atoms with Gasteiger partial charge in [0, 0.05) is 20.0 Å². The van der Waals surface area contributed by atoms with E-state index in [0.29, 0.717) is 25.6 Å². The fraction of sp³-hybridized carbons (Fsp3) is 0.529. The van der Waals surface area contributed by atoms with Crippen LogP contribution in [0.5, 0.6) is 0 Å². The molecule has 0 aliphatic heterocycles. The van der Waals surface area contributed by atoms with Crippen molar-refractivity contribution in [2.75, 3.05) is 24.6 Å². The van der Waals surface area contributed by atoms with Crippen molar-refractivity contribution in [1.29, 1.82) is 0 Å². The van der Waals surface area contributed by atoms with E-state index >= 15 is 0 Å². The average molecular weight is 306 g/mol. The largest absolute Gasteiger partial charge is 0.450 e. The van der Waals surface area contributed by atoms with E-state index in [9.17, 15) is 9.59 Å². The Hall–Kier alpha value is -2.04. The van der Waals surface area contributed by atoms with Crippen LogP contribution >= 0.6 is 0 Å². The molecule has 5 nitrogen and oxygen atoms in total. The molecule has 0 atom stereocenters. The number of anilines is 1. The Bertz CT molecular complexity index is 527. The van der Waals surface area contributed by atoms with E-state index in [1.165, 1.54) is 0 Å². The molecule has 1 N–H and O–H groups in total. The van der Waals surface area contributed by atoms with Gasteiger partial charge < -0.3 is 15.0 Å². The molecule has 0 saturated heterocycles. The first-order valence-corrected chi connectivity index (χ1v) is 7.66. The number of amides is 2. The molecule has 0 saturated carbocycles. The number of hydrogen-bond donors (Lipinski definition) is 1. The maximum atomic E-state index is 12.1. The summed E-state index contributed by atoms with van der Waals surface area (Å²) in [5.74, 6) is 0.275. The molecule has 0 unspecified atom stereocenters. The quantitative estimate of drug-likeness (QED) is 0.878. The van der Waals surface area contributed by atoms with E-state index in [1.54, 1.807) is 18.7 Å². The molecular weight excluding hydrogens is 280 g/mol. The highest BCUT2D eigenvalue weighted by molar-refractivity contribution is 5.93. The third-order valence-electron chi connectivity index (χ3n) is 3.42. The summed E-state index contributed by atoms with van der Waals surface area (Å²) in [5, 5.41) is 2.65. The third-order valence-corrected chi connectivity index (χ3v) is 3.42. The first-order valence-electron chi connectivity index (χ1n) is 7.66. The normalized spacial score (nSPS) is 10.5. The van der Waals surface area contributed by atoms with Crippen LogP contribution in [0.25, 0.3) is 0 Å². The number of carbonyl (C=O) groups is 2. The third kappa shape index (κ3) is 4.76. The van der Waals surface area contributed by atoms with E-state index in [2.05, 4.69) is 19.2 Å². The highest BCUT2D eigenvalue weighted by atomic mass is 16.5. The SMILES string of the molecule is CCOC(=O)NCCN(C(C)=O)c1c(C)cccc1C(C)C. The monoisotopic (exact) mass is 306 g/mol. The topological polar surface area (TPSA) is 58.6 Å². The summed E-state index contributed by atoms with van der Waals surface area (Å²) in [4.78, 5) is 25.1. The molecule has 0 aromatic heterocycles. The number of carbonyl (C=O) groups excluding carboxylic acids is 2. The molecule has 5 heteroatoms. The molecule has 0 radical (unpaired) electrons. The zero-order valence-corrected chi connectivity index (χ0v) is 14.1. The maximum Gasteiger partial charge on any atom is 0.407 e. The molecule has 0 aliphatic carbocycles. The van der Waals surface area contributed by atoms with Gasteiger partial charge in [0.05, 0.1) is 12.3 Å². The smallest absolute Gasteiger partial charge is 0.407 e. The van der Waals surface area contributed by atoms with Gasteiger partial charge >= 0.3 is 6.09 Å². The Morgan fingerprint density at radius 2 is 2.00 bits per heavy atom. The van der Waals surface area contributed by atoms with Crippen molar-refractivity contribution in [2.24, 2.45) is 0 Å². The minimum absolute atomic E-state index is 0.0399. The molecule has 2 amide bonds. The Labute approximate surface area is 132 Å². The number of aryl methyl sites for hydroxylation is 1. The first-order chi connectivity index (χ1) is 10.4. The summed E-state index contributed by atoms with van der Waals surface area (Å²) >= 11 is 0. The lowest BCUT2D eigenvalue weighted by Crippen LogP contribution is -2.38. The summed E-state index contributed by atoms with van der Waals surface area (Å²) in [6, 6.07) is 6.04. The lowest BCUT2D eigenvalue weighted by Gasteiger charge is -2.27. The summed E-state index contributed by atoms with van der Waals surface area (Å²) in [7, 11) is 0. The number of nitrogens with one attached hydrogen (secondary N) is 1. The molecule has 22 heavy (non-hydrogen) atoms. The van der Waals surface area contributed by atoms with Gasteiger partial charge in [0.2, 0.25) is 5.91 Å². The van der Waals surface area contributed by atoms with E-state index < -0.39 is 6.09 Å². The second kappa shape index (κ2) is 8.41. The number of benzene rings is 1. The van der Waals surface area contributed by atoms with Crippen LogP contribution in [-0.4, -0.2) is 31.7 Å². The molecule has 0 aliphatic rings. The fourth-order valence-corrected chi connectivity index (χ4v) is 2.39. The van der Waals surface area contributed by atoms with Gasteiger partial charge in [0.25, 0.3) is 0 Å². The molecule has 122 valence electrons. The van der Waals surface area contributed by atoms with Crippen LogP contribution < -0.4 is 10.2 Å². The molecule has 0 bridgehead atoms. The second-order valence-corrected chi connectivity index (χ2v) is 5.49. The van der Waals surface area contributed by atoms with Crippen molar-refractivity contribution in [3.05, 3.63) is 29.3 Å². The number of para-hydroxylation sites is 1. The van der Waals surface area contributed by atoms with Crippen molar-refractivity contribution in [3.63, 3.8) is 0 Å². The van der Waals surface area contributed by atoms with Crippen molar-refractivity contribution < 1.29 is 14.3 Å². The molecule has 1 aromatic rings. The molecule has 1 aromatic carbocycles. The zero-order chi connectivity index (χ0) is 16.7. The van der Waals surface area contributed by atoms with Gasteiger partial charge in [-0.3, -0.25) is 4.79 Å².